The summed E-state index contributed by atoms with van der Waals surface area (Å²) in [5.74, 6) is -0.642. The van der Waals surface area contributed by atoms with E-state index in [1.54, 1.807) is 6.07 Å². The van der Waals surface area contributed by atoms with Crippen LogP contribution in [-0.2, 0) is 4.79 Å². The van der Waals surface area contributed by atoms with E-state index >= 15 is 0 Å². The zero-order valence-electron chi connectivity index (χ0n) is 9.82. The second-order valence-corrected chi connectivity index (χ2v) is 4.43. The van der Waals surface area contributed by atoms with Crippen LogP contribution in [0.1, 0.15) is 10.4 Å². The van der Waals surface area contributed by atoms with E-state index in [9.17, 15) is 9.59 Å². The number of rotatable bonds is 5. The molecule has 0 aromatic heterocycles. The molecule has 0 aliphatic carbocycles. The highest BCUT2D eigenvalue weighted by Gasteiger charge is 2.15. The highest BCUT2D eigenvalue weighted by Crippen LogP contribution is 2.31. The lowest BCUT2D eigenvalue weighted by Gasteiger charge is -2.11. The Hall–Kier alpha value is -1.51. The van der Waals surface area contributed by atoms with Gasteiger partial charge in [-0.2, -0.15) is 0 Å². The van der Waals surface area contributed by atoms with Gasteiger partial charge in [0, 0.05) is 3.57 Å². The van der Waals surface area contributed by atoms with Gasteiger partial charge in [-0.15, -0.1) is 0 Å². The van der Waals surface area contributed by atoms with Crippen molar-refractivity contribution < 1.29 is 24.2 Å². The molecule has 98 valence electrons. The van der Waals surface area contributed by atoms with Gasteiger partial charge in [0.1, 0.15) is 6.54 Å². The van der Waals surface area contributed by atoms with Gasteiger partial charge in [-0.25, -0.2) is 0 Å². The van der Waals surface area contributed by atoms with Crippen LogP contribution in [0, 0.1) is 3.57 Å². The van der Waals surface area contributed by atoms with Gasteiger partial charge >= 0.3 is 5.97 Å². The van der Waals surface area contributed by atoms with E-state index in [0.29, 0.717) is 20.6 Å². The number of ether oxygens (including phenoxy) is 2. The fourth-order valence-electron chi connectivity index (χ4n) is 1.28. The smallest absolute Gasteiger partial charge is 0.322 e. The lowest BCUT2D eigenvalue weighted by Crippen LogP contribution is -2.29. The zero-order chi connectivity index (χ0) is 13.7. The predicted octanol–water partition coefficient (Wildman–Crippen LogP) is 1.12. The van der Waals surface area contributed by atoms with Gasteiger partial charge < -0.3 is 19.9 Å². The van der Waals surface area contributed by atoms with Gasteiger partial charge in [-0.05, 0) is 34.7 Å². The first-order valence-corrected chi connectivity index (χ1v) is 5.99. The van der Waals surface area contributed by atoms with Gasteiger partial charge in [-0.3, -0.25) is 9.59 Å². The topological polar surface area (TPSA) is 84.9 Å². The van der Waals surface area contributed by atoms with Gasteiger partial charge in [-0.1, -0.05) is 0 Å². The maximum Gasteiger partial charge on any atom is 0.322 e. The Bertz CT molecular complexity index is 475. The first kappa shape index (κ1) is 14.6. The molecule has 0 saturated carbocycles. The number of carboxylic acid groups (broad SMARTS) is 1. The lowest BCUT2D eigenvalue weighted by atomic mass is 10.2. The van der Waals surface area contributed by atoms with Crippen LogP contribution in [0.5, 0.6) is 11.5 Å². The number of carboxylic acids is 1. The molecular formula is C11H12INO5. The molecule has 0 atom stereocenters. The van der Waals surface area contributed by atoms with E-state index < -0.39 is 18.4 Å². The molecule has 0 spiro atoms. The molecule has 0 fully saturated rings. The molecule has 2 N–H and O–H groups in total. The molecule has 1 amide bonds. The maximum absolute atomic E-state index is 11.8. The Labute approximate surface area is 117 Å². The number of carbonyl (C=O) groups is 2. The summed E-state index contributed by atoms with van der Waals surface area (Å²) >= 11 is 1.97. The molecule has 0 heterocycles. The van der Waals surface area contributed by atoms with Crippen molar-refractivity contribution in [3.05, 3.63) is 21.3 Å². The molecular weight excluding hydrogens is 353 g/mol. The first-order chi connectivity index (χ1) is 8.49. The van der Waals surface area contributed by atoms with Crippen LogP contribution < -0.4 is 14.8 Å². The molecule has 1 aromatic rings. The van der Waals surface area contributed by atoms with Gasteiger partial charge in [0.2, 0.25) is 0 Å². The van der Waals surface area contributed by atoms with Crippen LogP contribution in [0.3, 0.4) is 0 Å². The summed E-state index contributed by atoms with van der Waals surface area (Å²) in [5, 5.41) is 10.8. The highest BCUT2D eigenvalue weighted by atomic mass is 127. The van der Waals surface area contributed by atoms with E-state index in [1.165, 1.54) is 20.3 Å². The van der Waals surface area contributed by atoms with E-state index in [-0.39, 0.29) is 0 Å². The fraction of sp³-hybridized carbons (Fsp3) is 0.273. The Morgan fingerprint density at radius 3 is 2.33 bits per heavy atom. The normalized spacial score (nSPS) is 9.72. The van der Waals surface area contributed by atoms with Gasteiger partial charge in [0.15, 0.2) is 11.5 Å². The Morgan fingerprint density at radius 2 is 1.83 bits per heavy atom. The summed E-state index contributed by atoms with van der Waals surface area (Å²) in [7, 11) is 2.96. The molecule has 1 rings (SSSR count). The molecule has 7 heteroatoms. The first-order valence-electron chi connectivity index (χ1n) is 4.91. The van der Waals surface area contributed by atoms with E-state index in [0.717, 1.165) is 0 Å². The van der Waals surface area contributed by atoms with Crippen LogP contribution in [0.4, 0.5) is 0 Å². The average molecular weight is 365 g/mol. The number of methoxy groups -OCH3 is 2. The largest absolute Gasteiger partial charge is 0.493 e. The Balaban J connectivity index is 3.01. The minimum atomic E-state index is -1.10. The molecule has 0 bridgehead atoms. The third kappa shape index (κ3) is 3.49. The van der Waals surface area contributed by atoms with Crippen molar-refractivity contribution in [1.82, 2.24) is 5.32 Å². The van der Waals surface area contributed by atoms with Gasteiger partial charge in [0.05, 0.1) is 19.8 Å². The second-order valence-electron chi connectivity index (χ2n) is 3.26. The summed E-state index contributed by atoms with van der Waals surface area (Å²) in [4.78, 5) is 22.1. The minimum Gasteiger partial charge on any atom is -0.493 e. The fourth-order valence-corrected chi connectivity index (χ4v) is 1.96. The third-order valence-corrected chi connectivity index (χ3v) is 3.01. The van der Waals surface area contributed by atoms with E-state index in [1.807, 2.05) is 22.6 Å². The molecule has 18 heavy (non-hydrogen) atoms. The number of amides is 1. The zero-order valence-corrected chi connectivity index (χ0v) is 12.0. The number of benzene rings is 1. The number of hydrogen-bond acceptors (Lipinski definition) is 4. The molecule has 0 radical (unpaired) electrons. The SMILES string of the molecule is COc1cc(I)c(C(=O)NCC(=O)O)cc1OC. The molecule has 0 aliphatic rings. The molecule has 1 aromatic carbocycles. The van der Waals surface area contributed by atoms with Crippen LogP contribution in [-0.4, -0.2) is 37.7 Å². The minimum absolute atomic E-state index is 0.342. The summed E-state index contributed by atoms with van der Waals surface area (Å²) in [5.41, 5.74) is 0.342. The van der Waals surface area contributed by atoms with Crippen LogP contribution in [0.2, 0.25) is 0 Å². The molecule has 0 saturated heterocycles. The van der Waals surface area contributed by atoms with Crippen molar-refractivity contribution in [2.45, 2.75) is 0 Å². The Morgan fingerprint density at radius 1 is 1.28 bits per heavy atom. The summed E-state index contributed by atoms with van der Waals surface area (Å²) in [6.45, 7) is -0.427. The summed E-state index contributed by atoms with van der Waals surface area (Å²) < 4.78 is 10.8. The maximum atomic E-state index is 11.8. The summed E-state index contributed by atoms with van der Waals surface area (Å²) in [6.07, 6.45) is 0. The van der Waals surface area contributed by atoms with E-state index in [4.69, 9.17) is 14.6 Å². The van der Waals surface area contributed by atoms with Crippen molar-refractivity contribution in [1.29, 1.82) is 0 Å². The molecule has 0 aliphatic heterocycles. The van der Waals surface area contributed by atoms with Crippen LogP contribution in [0.15, 0.2) is 12.1 Å². The van der Waals surface area contributed by atoms with E-state index in [2.05, 4.69) is 5.32 Å². The lowest BCUT2D eigenvalue weighted by molar-refractivity contribution is -0.135. The van der Waals surface area contributed by atoms with Crippen LogP contribution in [0.25, 0.3) is 0 Å². The van der Waals surface area contributed by atoms with Crippen molar-refractivity contribution in [2.24, 2.45) is 0 Å². The van der Waals surface area contributed by atoms with Crippen molar-refractivity contribution in [3.63, 3.8) is 0 Å². The summed E-state index contributed by atoms with van der Waals surface area (Å²) in [6, 6.07) is 3.16. The molecule has 6 nitrogen and oxygen atoms in total. The number of aliphatic carboxylic acids is 1. The van der Waals surface area contributed by atoms with Crippen molar-refractivity contribution >= 4 is 34.5 Å². The molecule has 0 unspecified atom stereocenters. The number of hydrogen-bond donors (Lipinski definition) is 2. The number of nitrogens with one attached hydrogen (secondary N) is 1. The second kappa shape index (κ2) is 6.43. The van der Waals surface area contributed by atoms with Gasteiger partial charge in [0.25, 0.3) is 5.91 Å². The average Bonchev–Trinajstić information content (AvgIpc) is 2.35. The van der Waals surface area contributed by atoms with Crippen LogP contribution >= 0.6 is 22.6 Å². The highest BCUT2D eigenvalue weighted by molar-refractivity contribution is 14.1. The quantitative estimate of drug-likeness (QED) is 0.765. The monoisotopic (exact) mass is 365 g/mol. The van der Waals surface area contributed by atoms with Crippen molar-refractivity contribution in [2.75, 3.05) is 20.8 Å². The van der Waals surface area contributed by atoms with Crippen molar-refractivity contribution in [3.8, 4) is 11.5 Å². The number of carbonyl (C=O) groups excluding carboxylic acids is 1. The Kier molecular flexibility index (Phi) is 5.20. The number of halogens is 1. The standard InChI is InChI=1S/C11H12INO5/c1-17-8-3-6(7(12)4-9(8)18-2)11(16)13-5-10(14)15/h3-4H,5H2,1-2H3,(H,13,16)(H,14,15). The predicted molar refractivity (Wildman–Crippen MR) is 72.2 cm³/mol. The third-order valence-electron chi connectivity index (χ3n) is 2.12.